The van der Waals surface area contributed by atoms with Crippen LogP contribution in [0.25, 0.3) is 0 Å². The van der Waals surface area contributed by atoms with Gasteiger partial charge in [0.1, 0.15) is 17.7 Å². The second-order valence-electron chi connectivity index (χ2n) is 5.55. The number of hydrogen-bond acceptors (Lipinski definition) is 5. The van der Waals surface area contributed by atoms with E-state index in [0.29, 0.717) is 12.0 Å². The van der Waals surface area contributed by atoms with Crippen molar-refractivity contribution < 1.29 is 9.47 Å². The fourth-order valence-electron chi connectivity index (χ4n) is 2.73. The molecule has 5 heteroatoms. The largest absolute Gasteiger partial charge is 0.474 e. The van der Waals surface area contributed by atoms with Crippen LogP contribution in [0.3, 0.4) is 0 Å². The van der Waals surface area contributed by atoms with E-state index in [9.17, 15) is 0 Å². The van der Waals surface area contributed by atoms with E-state index in [1.54, 1.807) is 7.11 Å². The quantitative estimate of drug-likeness (QED) is 0.836. The van der Waals surface area contributed by atoms with Gasteiger partial charge >= 0.3 is 0 Å². The third-order valence-electron chi connectivity index (χ3n) is 3.78. The average molecular weight is 293 g/mol. The van der Waals surface area contributed by atoms with Crippen LogP contribution in [0.5, 0.6) is 5.88 Å². The highest BCUT2D eigenvalue weighted by Crippen LogP contribution is 2.25. The number of nitrogens with zero attached hydrogens (tertiary/aromatic N) is 2. The predicted molar refractivity (Wildman–Crippen MR) is 83.9 cm³/mol. The van der Waals surface area contributed by atoms with Crippen LogP contribution in [0.4, 0.5) is 5.82 Å². The van der Waals surface area contributed by atoms with Crippen LogP contribution in [0.15, 0.2) is 6.07 Å². The van der Waals surface area contributed by atoms with Gasteiger partial charge in [-0.05, 0) is 32.6 Å². The molecule has 1 aliphatic rings. The molecule has 1 aromatic heterocycles. The van der Waals surface area contributed by atoms with Gasteiger partial charge in [0, 0.05) is 32.6 Å². The summed E-state index contributed by atoms with van der Waals surface area (Å²) in [7, 11) is 1.78. The molecule has 0 saturated heterocycles. The minimum Gasteiger partial charge on any atom is -0.474 e. The molecule has 1 aromatic rings. The van der Waals surface area contributed by atoms with E-state index in [-0.39, 0.29) is 6.10 Å². The topological polar surface area (TPSA) is 56.3 Å². The highest BCUT2D eigenvalue weighted by atomic mass is 16.5. The van der Waals surface area contributed by atoms with Gasteiger partial charge in [-0.15, -0.1) is 0 Å². The maximum absolute atomic E-state index is 6.09. The number of anilines is 1. The van der Waals surface area contributed by atoms with Crippen molar-refractivity contribution in [3.05, 3.63) is 11.9 Å². The highest BCUT2D eigenvalue weighted by molar-refractivity contribution is 5.38. The molecule has 1 fully saturated rings. The number of rotatable bonds is 7. The van der Waals surface area contributed by atoms with Crippen molar-refractivity contribution in [2.75, 3.05) is 19.0 Å². The standard InChI is InChI=1S/C16H27N3O2/c1-4-7-14-18-15(17-5-2)11-16(19-14)21-13-9-6-8-12(10-13)20-3/h11-13H,4-10H2,1-3H3,(H,17,18,19). The molecule has 2 unspecified atom stereocenters. The first-order chi connectivity index (χ1) is 10.2. The lowest BCUT2D eigenvalue weighted by atomic mass is 9.95. The van der Waals surface area contributed by atoms with E-state index < -0.39 is 0 Å². The third kappa shape index (κ3) is 4.84. The highest BCUT2D eigenvalue weighted by Gasteiger charge is 2.23. The van der Waals surface area contributed by atoms with E-state index in [2.05, 4.69) is 29.1 Å². The molecule has 0 aromatic carbocycles. The van der Waals surface area contributed by atoms with E-state index in [1.807, 2.05) is 6.07 Å². The molecular weight excluding hydrogens is 266 g/mol. The number of nitrogens with one attached hydrogen (secondary N) is 1. The fraction of sp³-hybridized carbons (Fsp3) is 0.750. The van der Waals surface area contributed by atoms with E-state index in [0.717, 1.165) is 56.7 Å². The van der Waals surface area contributed by atoms with Crippen LogP contribution in [0.2, 0.25) is 0 Å². The first kappa shape index (κ1) is 16.0. The summed E-state index contributed by atoms with van der Waals surface area (Å²) >= 11 is 0. The lowest BCUT2D eigenvalue weighted by Crippen LogP contribution is -2.29. The lowest BCUT2D eigenvalue weighted by Gasteiger charge is -2.28. The number of methoxy groups -OCH3 is 1. The molecule has 1 heterocycles. The number of aromatic nitrogens is 2. The number of ether oxygens (including phenoxy) is 2. The zero-order valence-electron chi connectivity index (χ0n) is 13.4. The first-order valence-electron chi connectivity index (χ1n) is 8.06. The van der Waals surface area contributed by atoms with Crippen molar-refractivity contribution in [2.24, 2.45) is 0 Å². The fourth-order valence-corrected chi connectivity index (χ4v) is 2.73. The lowest BCUT2D eigenvalue weighted by molar-refractivity contribution is 0.0194. The molecule has 0 spiro atoms. The molecule has 0 bridgehead atoms. The molecule has 1 N–H and O–H groups in total. The molecule has 0 amide bonds. The van der Waals surface area contributed by atoms with Crippen molar-refractivity contribution in [2.45, 2.75) is 64.6 Å². The van der Waals surface area contributed by atoms with Gasteiger partial charge in [0.15, 0.2) is 0 Å². The Kier molecular flexibility index (Phi) is 6.23. The SMILES string of the molecule is CCCc1nc(NCC)cc(OC2CCCC(OC)C2)n1. The summed E-state index contributed by atoms with van der Waals surface area (Å²) < 4.78 is 11.5. The molecule has 2 atom stereocenters. The van der Waals surface area contributed by atoms with Gasteiger partial charge in [-0.3, -0.25) is 0 Å². The molecule has 118 valence electrons. The zero-order chi connectivity index (χ0) is 15.1. The Bertz CT molecular complexity index is 415. The Hall–Kier alpha value is -1.36. The average Bonchev–Trinajstić information content (AvgIpc) is 2.48. The van der Waals surface area contributed by atoms with Crippen LogP contribution in [-0.2, 0) is 11.2 Å². The van der Waals surface area contributed by atoms with Gasteiger partial charge in [-0.25, -0.2) is 4.98 Å². The van der Waals surface area contributed by atoms with Crippen molar-refractivity contribution >= 4 is 5.82 Å². The summed E-state index contributed by atoms with van der Waals surface area (Å²) in [5.41, 5.74) is 0. The van der Waals surface area contributed by atoms with Gasteiger partial charge in [-0.1, -0.05) is 6.92 Å². The molecule has 21 heavy (non-hydrogen) atoms. The Labute approximate surface area is 127 Å². The van der Waals surface area contributed by atoms with Gasteiger partial charge in [0.2, 0.25) is 5.88 Å². The van der Waals surface area contributed by atoms with Crippen molar-refractivity contribution in [1.82, 2.24) is 9.97 Å². The summed E-state index contributed by atoms with van der Waals surface area (Å²) in [5.74, 6) is 2.39. The summed E-state index contributed by atoms with van der Waals surface area (Å²) in [4.78, 5) is 9.05. The molecule has 5 nitrogen and oxygen atoms in total. The normalized spacial score (nSPS) is 22.0. The first-order valence-corrected chi connectivity index (χ1v) is 8.06. The molecule has 1 saturated carbocycles. The summed E-state index contributed by atoms with van der Waals surface area (Å²) in [5, 5.41) is 3.25. The third-order valence-corrected chi connectivity index (χ3v) is 3.78. The van der Waals surface area contributed by atoms with Gasteiger partial charge < -0.3 is 14.8 Å². The molecule has 0 radical (unpaired) electrons. The molecule has 0 aliphatic heterocycles. The summed E-state index contributed by atoms with van der Waals surface area (Å²) in [6.07, 6.45) is 6.71. The Morgan fingerprint density at radius 1 is 1.24 bits per heavy atom. The maximum Gasteiger partial charge on any atom is 0.219 e. The summed E-state index contributed by atoms with van der Waals surface area (Å²) in [6.45, 7) is 5.04. The van der Waals surface area contributed by atoms with E-state index in [4.69, 9.17) is 9.47 Å². The minimum atomic E-state index is 0.197. The van der Waals surface area contributed by atoms with Crippen molar-refractivity contribution in [3.8, 4) is 5.88 Å². The van der Waals surface area contributed by atoms with Crippen LogP contribution in [-0.4, -0.2) is 35.8 Å². The molecular formula is C16H27N3O2. The Balaban J connectivity index is 2.06. The predicted octanol–water partition coefficient (Wildman–Crippen LogP) is 3.20. The Morgan fingerprint density at radius 3 is 2.76 bits per heavy atom. The second-order valence-corrected chi connectivity index (χ2v) is 5.55. The van der Waals surface area contributed by atoms with Crippen LogP contribution >= 0.6 is 0 Å². The van der Waals surface area contributed by atoms with E-state index in [1.165, 1.54) is 0 Å². The van der Waals surface area contributed by atoms with Gasteiger partial charge in [0.25, 0.3) is 0 Å². The van der Waals surface area contributed by atoms with E-state index >= 15 is 0 Å². The Morgan fingerprint density at radius 2 is 2.05 bits per heavy atom. The zero-order valence-corrected chi connectivity index (χ0v) is 13.4. The minimum absolute atomic E-state index is 0.197. The van der Waals surface area contributed by atoms with Crippen molar-refractivity contribution in [1.29, 1.82) is 0 Å². The van der Waals surface area contributed by atoms with Crippen LogP contribution < -0.4 is 10.1 Å². The van der Waals surface area contributed by atoms with Crippen molar-refractivity contribution in [3.63, 3.8) is 0 Å². The van der Waals surface area contributed by atoms with Gasteiger partial charge in [0.05, 0.1) is 6.10 Å². The second kappa shape index (κ2) is 8.17. The van der Waals surface area contributed by atoms with Crippen LogP contribution in [0, 0.1) is 0 Å². The summed E-state index contributed by atoms with van der Waals surface area (Å²) in [6, 6.07) is 1.90. The number of aryl methyl sites for hydroxylation is 1. The van der Waals surface area contributed by atoms with Crippen LogP contribution in [0.1, 0.15) is 51.8 Å². The maximum atomic E-state index is 6.09. The smallest absolute Gasteiger partial charge is 0.219 e. The van der Waals surface area contributed by atoms with Gasteiger partial charge in [-0.2, -0.15) is 4.98 Å². The number of hydrogen-bond donors (Lipinski definition) is 1. The molecule has 2 rings (SSSR count). The molecule has 1 aliphatic carbocycles. The monoisotopic (exact) mass is 293 g/mol.